The number of aliphatic hydroxyl groups excluding tert-OH is 1. The highest BCUT2D eigenvalue weighted by atomic mass is 19.4. The van der Waals surface area contributed by atoms with Crippen molar-refractivity contribution in [3.05, 3.63) is 0 Å². The SMILES string of the molecule is OCC12CNCC1CN(CCCC(F)(F)F)C2. The number of nitrogens with one attached hydrogen (secondary N) is 1. The predicted octanol–water partition coefficient (Wildman–Crippen LogP) is 0.843. The number of nitrogens with zero attached hydrogens (tertiary/aromatic N) is 1. The zero-order valence-electron chi connectivity index (χ0n) is 9.76. The van der Waals surface area contributed by atoms with E-state index in [4.69, 9.17) is 0 Å². The summed E-state index contributed by atoms with van der Waals surface area (Å²) >= 11 is 0. The molecule has 0 aromatic rings. The molecule has 100 valence electrons. The van der Waals surface area contributed by atoms with Crippen LogP contribution >= 0.6 is 0 Å². The molecule has 0 aliphatic carbocycles. The molecule has 2 unspecified atom stereocenters. The summed E-state index contributed by atoms with van der Waals surface area (Å²) in [4.78, 5) is 2.06. The quantitative estimate of drug-likeness (QED) is 0.778. The Morgan fingerprint density at radius 2 is 2.18 bits per heavy atom. The van der Waals surface area contributed by atoms with Gasteiger partial charge in [0, 0.05) is 31.5 Å². The van der Waals surface area contributed by atoms with Crippen molar-refractivity contribution < 1.29 is 18.3 Å². The average Bonchev–Trinajstić information content (AvgIpc) is 2.72. The van der Waals surface area contributed by atoms with E-state index >= 15 is 0 Å². The first kappa shape index (κ1) is 13.1. The molecule has 6 heteroatoms. The van der Waals surface area contributed by atoms with Gasteiger partial charge in [0.05, 0.1) is 6.61 Å². The molecule has 0 amide bonds. The molecule has 2 saturated heterocycles. The number of rotatable bonds is 4. The Kier molecular flexibility index (Phi) is 3.66. The minimum Gasteiger partial charge on any atom is -0.396 e. The van der Waals surface area contributed by atoms with E-state index in [1.807, 2.05) is 0 Å². The Bertz CT molecular complexity index is 272. The second-order valence-electron chi connectivity index (χ2n) is 5.30. The lowest BCUT2D eigenvalue weighted by Gasteiger charge is -2.25. The van der Waals surface area contributed by atoms with Gasteiger partial charge in [-0.05, 0) is 25.4 Å². The average molecular weight is 252 g/mol. The highest BCUT2D eigenvalue weighted by Gasteiger charge is 2.48. The van der Waals surface area contributed by atoms with Crippen molar-refractivity contribution in [3.63, 3.8) is 0 Å². The van der Waals surface area contributed by atoms with E-state index in [0.29, 0.717) is 12.5 Å². The van der Waals surface area contributed by atoms with Crippen LogP contribution in [0.4, 0.5) is 13.2 Å². The van der Waals surface area contributed by atoms with Crippen LogP contribution in [0.3, 0.4) is 0 Å². The monoisotopic (exact) mass is 252 g/mol. The van der Waals surface area contributed by atoms with Gasteiger partial charge in [-0.2, -0.15) is 13.2 Å². The van der Waals surface area contributed by atoms with Gasteiger partial charge in [0.1, 0.15) is 0 Å². The van der Waals surface area contributed by atoms with Crippen LogP contribution in [-0.2, 0) is 0 Å². The number of hydrogen-bond acceptors (Lipinski definition) is 3. The number of alkyl halides is 3. The van der Waals surface area contributed by atoms with Crippen LogP contribution in [0.25, 0.3) is 0 Å². The first-order valence-electron chi connectivity index (χ1n) is 6.06. The normalized spacial score (nSPS) is 34.2. The van der Waals surface area contributed by atoms with Gasteiger partial charge in [0.25, 0.3) is 0 Å². The molecule has 2 heterocycles. The van der Waals surface area contributed by atoms with Crippen LogP contribution in [0.2, 0.25) is 0 Å². The minimum atomic E-state index is -4.05. The number of likely N-dealkylation sites (tertiary alicyclic amines) is 1. The summed E-state index contributed by atoms with van der Waals surface area (Å²) in [5.41, 5.74) is -0.113. The molecular weight excluding hydrogens is 233 g/mol. The van der Waals surface area contributed by atoms with Crippen LogP contribution in [0.1, 0.15) is 12.8 Å². The van der Waals surface area contributed by atoms with E-state index in [0.717, 1.165) is 26.2 Å². The zero-order chi connectivity index (χ0) is 12.5. The molecule has 0 saturated carbocycles. The van der Waals surface area contributed by atoms with E-state index in [1.165, 1.54) is 0 Å². The summed E-state index contributed by atoms with van der Waals surface area (Å²) in [5.74, 6) is 0.387. The lowest BCUT2D eigenvalue weighted by Crippen LogP contribution is -2.36. The fourth-order valence-corrected chi connectivity index (χ4v) is 3.03. The molecule has 2 aliphatic heterocycles. The van der Waals surface area contributed by atoms with Crippen LogP contribution < -0.4 is 5.32 Å². The van der Waals surface area contributed by atoms with Crippen molar-refractivity contribution in [2.24, 2.45) is 11.3 Å². The third-order valence-corrected chi connectivity index (χ3v) is 4.00. The molecule has 0 aromatic carbocycles. The molecule has 0 bridgehead atoms. The van der Waals surface area contributed by atoms with Crippen molar-refractivity contribution in [1.82, 2.24) is 10.2 Å². The third kappa shape index (κ3) is 2.92. The largest absolute Gasteiger partial charge is 0.396 e. The van der Waals surface area contributed by atoms with Crippen LogP contribution in [-0.4, -0.2) is 55.5 Å². The van der Waals surface area contributed by atoms with E-state index in [1.54, 1.807) is 0 Å². The summed E-state index contributed by atoms with van der Waals surface area (Å²) in [6.07, 6.45) is -4.60. The Morgan fingerprint density at radius 1 is 1.41 bits per heavy atom. The molecule has 0 spiro atoms. The van der Waals surface area contributed by atoms with Crippen LogP contribution in [0, 0.1) is 11.3 Å². The second-order valence-corrected chi connectivity index (χ2v) is 5.30. The highest BCUT2D eigenvalue weighted by Crippen LogP contribution is 2.38. The topological polar surface area (TPSA) is 35.5 Å². The van der Waals surface area contributed by atoms with E-state index in [2.05, 4.69) is 10.2 Å². The van der Waals surface area contributed by atoms with Crippen molar-refractivity contribution in [1.29, 1.82) is 0 Å². The Balaban J connectivity index is 1.78. The lowest BCUT2D eigenvalue weighted by atomic mass is 9.82. The smallest absolute Gasteiger partial charge is 0.389 e. The van der Waals surface area contributed by atoms with E-state index < -0.39 is 12.6 Å². The van der Waals surface area contributed by atoms with Gasteiger partial charge >= 0.3 is 6.18 Å². The number of fused-ring (bicyclic) bond motifs is 1. The molecule has 2 N–H and O–H groups in total. The fraction of sp³-hybridized carbons (Fsp3) is 1.00. The molecule has 2 rings (SSSR count). The molecule has 2 atom stereocenters. The fourth-order valence-electron chi connectivity index (χ4n) is 3.03. The Labute approximate surface area is 99.0 Å². The number of halogens is 3. The molecule has 0 aromatic heterocycles. The molecule has 2 fully saturated rings. The van der Waals surface area contributed by atoms with Gasteiger partial charge in [0.2, 0.25) is 0 Å². The lowest BCUT2D eigenvalue weighted by molar-refractivity contribution is -0.136. The van der Waals surface area contributed by atoms with Gasteiger partial charge in [-0.25, -0.2) is 0 Å². The molecule has 3 nitrogen and oxygen atoms in total. The third-order valence-electron chi connectivity index (χ3n) is 4.00. The Morgan fingerprint density at radius 3 is 2.76 bits per heavy atom. The predicted molar refractivity (Wildman–Crippen MR) is 57.6 cm³/mol. The maximum atomic E-state index is 12.0. The summed E-state index contributed by atoms with van der Waals surface area (Å²) < 4.78 is 36.1. The second kappa shape index (κ2) is 4.74. The molecule has 2 aliphatic rings. The van der Waals surface area contributed by atoms with Crippen molar-refractivity contribution >= 4 is 0 Å². The van der Waals surface area contributed by atoms with Gasteiger partial charge in [-0.3, -0.25) is 0 Å². The van der Waals surface area contributed by atoms with Gasteiger partial charge in [0.15, 0.2) is 0 Å². The maximum absolute atomic E-state index is 12.0. The summed E-state index contributed by atoms with van der Waals surface area (Å²) in [7, 11) is 0. The maximum Gasteiger partial charge on any atom is 0.389 e. The first-order chi connectivity index (χ1) is 7.95. The minimum absolute atomic E-state index is 0.113. The Hall–Kier alpha value is -0.330. The first-order valence-corrected chi connectivity index (χ1v) is 6.06. The number of aliphatic hydroxyl groups is 1. The van der Waals surface area contributed by atoms with Gasteiger partial charge < -0.3 is 15.3 Å². The van der Waals surface area contributed by atoms with E-state index in [9.17, 15) is 18.3 Å². The molecule has 0 radical (unpaired) electrons. The number of hydrogen-bond donors (Lipinski definition) is 2. The van der Waals surface area contributed by atoms with Crippen molar-refractivity contribution in [2.75, 3.05) is 39.3 Å². The molecule has 17 heavy (non-hydrogen) atoms. The van der Waals surface area contributed by atoms with Gasteiger partial charge in [-0.1, -0.05) is 0 Å². The summed E-state index contributed by atoms with van der Waals surface area (Å²) in [6, 6.07) is 0. The van der Waals surface area contributed by atoms with Crippen molar-refractivity contribution in [2.45, 2.75) is 19.0 Å². The molecular formula is C11H19F3N2O. The van der Waals surface area contributed by atoms with Gasteiger partial charge in [-0.15, -0.1) is 0 Å². The summed E-state index contributed by atoms with van der Waals surface area (Å²) in [5, 5.41) is 12.7. The van der Waals surface area contributed by atoms with Crippen molar-refractivity contribution in [3.8, 4) is 0 Å². The highest BCUT2D eigenvalue weighted by molar-refractivity contribution is 5.02. The van der Waals surface area contributed by atoms with Crippen LogP contribution in [0.5, 0.6) is 0 Å². The van der Waals surface area contributed by atoms with E-state index in [-0.39, 0.29) is 18.4 Å². The van der Waals surface area contributed by atoms with Crippen LogP contribution in [0.15, 0.2) is 0 Å². The zero-order valence-corrected chi connectivity index (χ0v) is 9.76. The standard InChI is InChI=1S/C11H19F3N2O/c12-11(13,14)2-1-3-16-5-9-4-15-6-10(9,7-16)8-17/h9,15,17H,1-8H2. The summed E-state index contributed by atoms with van der Waals surface area (Å²) in [6.45, 7) is 3.79.